The molecule has 0 atom stereocenters. The summed E-state index contributed by atoms with van der Waals surface area (Å²) in [5.41, 5.74) is 0.378. The molecule has 0 aliphatic rings. The first-order valence-electron chi connectivity index (χ1n) is 6.30. The third kappa shape index (κ3) is 3.99. The van der Waals surface area contributed by atoms with E-state index in [0.717, 1.165) is 10.2 Å². The lowest BCUT2D eigenvalue weighted by atomic mass is 10.2. The van der Waals surface area contributed by atoms with Gasteiger partial charge in [0, 0.05) is 17.2 Å². The molecule has 116 valence electrons. The van der Waals surface area contributed by atoms with Gasteiger partial charge in [-0.05, 0) is 11.6 Å². The summed E-state index contributed by atoms with van der Waals surface area (Å²) in [5, 5.41) is 17.1. The Morgan fingerprint density at radius 1 is 1.36 bits per heavy atom. The number of hydrogen-bond donors (Lipinski definition) is 2. The lowest BCUT2D eigenvalue weighted by Crippen LogP contribution is -2.33. The van der Waals surface area contributed by atoms with Crippen LogP contribution in [0.15, 0.2) is 34.2 Å². The van der Waals surface area contributed by atoms with Crippen molar-refractivity contribution < 1.29 is 9.90 Å². The van der Waals surface area contributed by atoms with Crippen LogP contribution in [0.1, 0.15) is 17.7 Å². The number of thioether (sulfide) groups is 1. The maximum absolute atomic E-state index is 12.0. The summed E-state index contributed by atoms with van der Waals surface area (Å²) in [7, 11) is 0. The highest BCUT2D eigenvalue weighted by molar-refractivity contribution is 7.98. The van der Waals surface area contributed by atoms with E-state index in [1.807, 2.05) is 18.2 Å². The molecule has 0 saturated carbocycles. The van der Waals surface area contributed by atoms with Crippen LogP contribution in [-0.2, 0) is 17.0 Å². The van der Waals surface area contributed by atoms with E-state index >= 15 is 0 Å². The summed E-state index contributed by atoms with van der Waals surface area (Å²) < 4.78 is 0.881. The standard InChI is InChI=1S/C13H13ClN4O3S/c14-9-4-2-1-3-8(9)7-22-13-17-16-10(5-6-11(19)20)12(21)18(13)15/h1-4H,5-7,15H2,(H,19,20). The van der Waals surface area contributed by atoms with Crippen molar-refractivity contribution in [2.24, 2.45) is 0 Å². The quantitative estimate of drug-likeness (QED) is 0.602. The molecule has 0 amide bonds. The normalized spacial score (nSPS) is 10.6. The zero-order valence-corrected chi connectivity index (χ0v) is 13.0. The molecule has 3 N–H and O–H groups in total. The van der Waals surface area contributed by atoms with Crippen LogP contribution in [0, 0.1) is 0 Å². The molecule has 22 heavy (non-hydrogen) atoms. The van der Waals surface area contributed by atoms with Crippen molar-refractivity contribution in [2.45, 2.75) is 23.8 Å². The van der Waals surface area contributed by atoms with Crippen molar-refractivity contribution >= 4 is 29.3 Å². The van der Waals surface area contributed by atoms with Crippen molar-refractivity contribution in [3.05, 3.63) is 50.9 Å². The van der Waals surface area contributed by atoms with Crippen LogP contribution in [0.2, 0.25) is 5.02 Å². The first-order valence-corrected chi connectivity index (χ1v) is 7.67. The summed E-state index contributed by atoms with van der Waals surface area (Å²) in [6.45, 7) is 0. The molecular weight excluding hydrogens is 328 g/mol. The molecule has 7 nitrogen and oxygen atoms in total. The number of nitrogen functional groups attached to an aromatic ring is 1. The summed E-state index contributed by atoms with van der Waals surface area (Å²) in [6, 6.07) is 7.32. The maximum atomic E-state index is 12.0. The molecule has 0 unspecified atom stereocenters. The number of carboxylic acid groups (broad SMARTS) is 1. The number of benzene rings is 1. The molecule has 1 heterocycles. The Kier molecular flexibility index (Phi) is 5.40. The van der Waals surface area contributed by atoms with E-state index in [2.05, 4.69) is 10.2 Å². The zero-order chi connectivity index (χ0) is 16.1. The molecular formula is C13H13ClN4O3S. The number of aliphatic carboxylic acids is 1. The number of hydrogen-bond acceptors (Lipinski definition) is 6. The second kappa shape index (κ2) is 7.28. The Balaban J connectivity index is 2.13. The first kappa shape index (κ1) is 16.3. The number of rotatable bonds is 6. The molecule has 2 rings (SSSR count). The monoisotopic (exact) mass is 340 g/mol. The SMILES string of the molecule is Nn1c(SCc2ccccc2Cl)nnc(CCC(=O)O)c1=O. The van der Waals surface area contributed by atoms with Crippen LogP contribution >= 0.6 is 23.4 Å². The first-order chi connectivity index (χ1) is 10.5. The third-order valence-electron chi connectivity index (χ3n) is 2.82. The number of carbonyl (C=O) groups is 1. The van der Waals surface area contributed by atoms with Crippen LogP contribution in [0.4, 0.5) is 0 Å². The van der Waals surface area contributed by atoms with Gasteiger partial charge in [0.05, 0.1) is 6.42 Å². The Bertz CT molecular complexity index is 750. The van der Waals surface area contributed by atoms with E-state index in [4.69, 9.17) is 22.6 Å². The largest absolute Gasteiger partial charge is 0.481 e. The number of aromatic nitrogens is 3. The van der Waals surface area contributed by atoms with Gasteiger partial charge in [-0.3, -0.25) is 9.59 Å². The van der Waals surface area contributed by atoms with Crippen molar-refractivity contribution in [2.75, 3.05) is 5.84 Å². The summed E-state index contributed by atoms with van der Waals surface area (Å²) in [5.74, 6) is 5.17. The van der Waals surface area contributed by atoms with Crippen LogP contribution in [-0.4, -0.2) is 25.9 Å². The molecule has 0 radical (unpaired) electrons. The van der Waals surface area contributed by atoms with Gasteiger partial charge in [-0.1, -0.05) is 41.6 Å². The second-order valence-corrected chi connectivity index (χ2v) is 5.73. The molecule has 0 aliphatic heterocycles. The molecule has 0 saturated heterocycles. The topological polar surface area (TPSA) is 111 Å². The van der Waals surface area contributed by atoms with Crippen LogP contribution in [0.25, 0.3) is 0 Å². The van der Waals surface area contributed by atoms with E-state index in [9.17, 15) is 9.59 Å². The van der Waals surface area contributed by atoms with E-state index in [0.29, 0.717) is 10.8 Å². The predicted molar refractivity (Wildman–Crippen MR) is 83.4 cm³/mol. The van der Waals surface area contributed by atoms with Crippen molar-refractivity contribution in [1.29, 1.82) is 0 Å². The fraction of sp³-hybridized carbons (Fsp3) is 0.231. The van der Waals surface area contributed by atoms with Gasteiger partial charge >= 0.3 is 5.97 Å². The molecule has 0 aliphatic carbocycles. The fourth-order valence-corrected chi connectivity index (χ4v) is 2.80. The minimum Gasteiger partial charge on any atom is -0.481 e. The smallest absolute Gasteiger partial charge is 0.303 e. The molecule has 9 heteroatoms. The van der Waals surface area contributed by atoms with Crippen molar-refractivity contribution in [3.8, 4) is 0 Å². The number of carboxylic acids is 1. The Morgan fingerprint density at radius 2 is 2.09 bits per heavy atom. The summed E-state index contributed by atoms with van der Waals surface area (Å²) in [6.07, 6.45) is -0.205. The Hall–Kier alpha value is -2.06. The molecule has 0 fully saturated rings. The Labute approximate surface area is 135 Å². The van der Waals surface area contributed by atoms with E-state index in [1.54, 1.807) is 6.07 Å². The van der Waals surface area contributed by atoms with E-state index in [1.165, 1.54) is 11.8 Å². The second-order valence-electron chi connectivity index (χ2n) is 4.38. The minimum absolute atomic E-state index is 0.00612. The van der Waals surface area contributed by atoms with Gasteiger partial charge in [-0.15, -0.1) is 10.2 Å². The fourth-order valence-electron chi connectivity index (χ4n) is 1.66. The molecule has 1 aromatic carbocycles. The van der Waals surface area contributed by atoms with Crippen LogP contribution in [0.3, 0.4) is 0 Å². The van der Waals surface area contributed by atoms with Gasteiger partial charge in [0.2, 0.25) is 5.16 Å². The molecule has 2 aromatic rings. The van der Waals surface area contributed by atoms with Crippen molar-refractivity contribution in [3.63, 3.8) is 0 Å². The van der Waals surface area contributed by atoms with Crippen molar-refractivity contribution in [1.82, 2.24) is 14.9 Å². The predicted octanol–water partition coefficient (Wildman–Crippen LogP) is 1.32. The van der Waals surface area contributed by atoms with Crippen LogP contribution in [0.5, 0.6) is 0 Å². The number of halogens is 1. The average molecular weight is 341 g/mol. The van der Waals surface area contributed by atoms with Crippen LogP contribution < -0.4 is 11.4 Å². The number of nitrogens with two attached hydrogens (primary N) is 1. The molecule has 0 spiro atoms. The highest BCUT2D eigenvalue weighted by Gasteiger charge is 2.12. The lowest BCUT2D eigenvalue weighted by Gasteiger charge is -2.07. The van der Waals surface area contributed by atoms with Gasteiger partial charge in [0.25, 0.3) is 5.56 Å². The lowest BCUT2D eigenvalue weighted by molar-refractivity contribution is -0.136. The molecule has 1 aromatic heterocycles. The van der Waals surface area contributed by atoms with E-state index in [-0.39, 0.29) is 23.7 Å². The van der Waals surface area contributed by atoms with Gasteiger partial charge in [0.15, 0.2) is 0 Å². The zero-order valence-electron chi connectivity index (χ0n) is 11.4. The maximum Gasteiger partial charge on any atom is 0.303 e. The average Bonchev–Trinajstić information content (AvgIpc) is 2.49. The number of aryl methyl sites for hydroxylation is 1. The Morgan fingerprint density at radius 3 is 2.77 bits per heavy atom. The van der Waals surface area contributed by atoms with Gasteiger partial charge < -0.3 is 10.9 Å². The third-order valence-corrected chi connectivity index (χ3v) is 4.18. The highest BCUT2D eigenvalue weighted by Crippen LogP contribution is 2.23. The highest BCUT2D eigenvalue weighted by atomic mass is 35.5. The molecule has 0 bridgehead atoms. The van der Waals surface area contributed by atoms with E-state index < -0.39 is 11.5 Å². The van der Waals surface area contributed by atoms with Gasteiger partial charge in [0.1, 0.15) is 5.69 Å². The summed E-state index contributed by atoms with van der Waals surface area (Å²) in [4.78, 5) is 22.5. The summed E-state index contributed by atoms with van der Waals surface area (Å²) >= 11 is 7.28. The minimum atomic E-state index is -1.01. The van der Waals surface area contributed by atoms with Gasteiger partial charge in [-0.25, -0.2) is 0 Å². The number of nitrogens with zero attached hydrogens (tertiary/aromatic N) is 3. The van der Waals surface area contributed by atoms with Gasteiger partial charge in [-0.2, -0.15) is 4.68 Å².